The number of carboxylic acid groups (broad SMARTS) is 1. The second-order valence-electron chi connectivity index (χ2n) is 4.98. The first kappa shape index (κ1) is 15.9. The van der Waals surface area contributed by atoms with Crippen molar-refractivity contribution in [1.29, 1.82) is 0 Å². The van der Waals surface area contributed by atoms with E-state index in [9.17, 15) is 20.0 Å². The van der Waals surface area contributed by atoms with E-state index in [1.807, 2.05) is 12.1 Å². The molecule has 8 nitrogen and oxygen atoms in total. The number of carbonyl (C=O) groups is 1. The van der Waals surface area contributed by atoms with Crippen LogP contribution in [-0.2, 0) is 4.79 Å². The number of benzene rings is 1. The molecule has 0 aliphatic rings. The van der Waals surface area contributed by atoms with Crippen LogP contribution in [0.1, 0.15) is 13.0 Å². The maximum atomic E-state index is 11.4. The molecule has 122 valence electrons. The van der Waals surface area contributed by atoms with Crippen molar-refractivity contribution < 1.29 is 14.8 Å². The second kappa shape index (κ2) is 6.28. The molecule has 0 aliphatic heterocycles. The normalized spacial score (nSPS) is 12.2. The van der Waals surface area contributed by atoms with E-state index in [2.05, 4.69) is 9.97 Å². The molecule has 3 aromatic rings. The Bertz CT molecular complexity index is 923. The lowest BCUT2D eigenvalue weighted by Gasteiger charge is -2.12. The van der Waals surface area contributed by atoms with Gasteiger partial charge in [-0.2, -0.15) is 0 Å². The summed E-state index contributed by atoms with van der Waals surface area (Å²) in [4.78, 5) is 30.1. The number of hydrogen-bond acceptors (Lipinski definition) is 6. The van der Waals surface area contributed by atoms with Crippen LogP contribution in [0, 0.1) is 10.1 Å². The van der Waals surface area contributed by atoms with Crippen LogP contribution in [0.3, 0.4) is 0 Å². The van der Waals surface area contributed by atoms with Crippen LogP contribution in [-0.4, -0.2) is 30.5 Å². The summed E-state index contributed by atoms with van der Waals surface area (Å²) < 4.78 is 1.62. The largest absolute Gasteiger partial charge is 0.480 e. The summed E-state index contributed by atoms with van der Waals surface area (Å²) in [5, 5.41) is 21.0. The smallest absolute Gasteiger partial charge is 0.326 e. The third kappa shape index (κ3) is 2.93. The van der Waals surface area contributed by atoms with Crippen molar-refractivity contribution in [3.8, 4) is 0 Å². The fraction of sp³-hybridized carbons (Fsp3) is 0.133. The number of aliphatic carboxylic acids is 1. The predicted octanol–water partition coefficient (Wildman–Crippen LogP) is 3.14. The van der Waals surface area contributed by atoms with Gasteiger partial charge in [-0.3, -0.25) is 10.1 Å². The minimum Gasteiger partial charge on any atom is -0.480 e. The Morgan fingerprint density at radius 1 is 1.33 bits per heavy atom. The molecule has 9 heteroatoms. The van der Waals surface area contributed by atoms with Crippen molar-refractivity contribution in [2.45, 2.75) is 23.1 Å². The number of aromatic nitrogens is 3. The minimum atomic E-state index is -0.975. The first-order valence-electron chi connectivity index (χ1n) is 6.95. The van der Waals surface area contributed by atoms with Gasteiger partial charge in [0, 0.05) is 6.07 Å². The number of rotatable bonds is 5. The summed E-state index contributed by atoms with van der Waals surface area (Å²) in [6, 6.07) is 9.29. The summed E-state index contributed by atoms with van der Waals surface area (Å²) in [5.41, 5.74) is 1.28. The molecule has 0 saturated carbocycles. The zero-order valence-electron chi connectivity index (χ0n) is 12.5. The van der Waals surface area contributed by atoms with Crippen molar-refractivity contribution in [2.24, 2.45) is 0 Å². The third-order valence-corrected chi connectivity index (χ3v) is 4.36. The SMILES string of the molecule is CC(C(=O)O)n1c(Sc2ccc([N+](=O)[O-])cn2)nc2ccccc21. The molecule has 24 heavy (non-hydrogen) atoms. The molecule has 0 saturated heterocycles. The van der Waals surface area contributed by atoms with E-state index < -0.39 is 16.9 Å². The fourth-order valence-corrected chi connectivity index (χ4v) is 3.14. The Morgan fingerprint density at radius 2 is 2.08 bits per heavy atom. The number of hydrogen-bond donors (Lipinski definition) is 1. The number of nitro groups is 1. The molecule has 1 aromatic carbocycles. The number of carboxylic acids is 1. The summed E-state index contributed by atoms with van der Waals surface area (Å²) in [6.07, 6.45) is 1.16. The zero-order valence-corrected chi connectivity index (χ0v) is 13.3. The van der Waals surface area contributed by atoms with Crippen molar-refractivity contribution in [1.82, 2.24) is 14.5 Å². The molecule has 2 heterocycles. The van der Waals surface area contributed by atoms with Crippen LogP contribution >= 0.6 is 11.8 Å². The number of nitrogens with zero attached hydrogens (tertiary/aromatic N) is 4. The van der Waals surface area contributed by atoms with Gasteiger partial charge < -0.3 is 9.67 Å². The van der Waals surface area contributed by atoms with Gasteiger partial charge in [0.1, 0.15) is 17.3 Å². The van der Waals surface area contributed by atoms with Crippen LogP contribution in [0.5, 0.6) is 0 Å². The average Bonchev–Trinajstić information content (AvgIpc) is 2.92. The quantitative estimate of drug-likeness (QED) is 0.559. The molecule has 3 rings (SSSR count). The van der Waals surface area contributed by atoms with Gasteiger partial charge >= 0.3 is 5.97 Å². The van der Waals surface area contributed by atoms with Crippen LogP contribution in [0.2, 0.25) is 0 Å². The molecule has 0 spiro atoms. The van der Waals surface area contributed by atoms with Gasteiger partial charge in [0.25, 0.3) is 5.69 Å². The van der Waals surface area contributed by atoms with Crippen molar-refractivity contribution in [3.05, 3.63) is 52.7 Å². The lowest BCUT2D eigenvalue weighted by Crippen LogP contribution is -2.16. The van der Waals surface area contributed by atoms with Gasteiger partial charge in [-0.25, -0.2) is 14.8 Å². The Kier molecular flexibility index (Phi) is 4.17. The monoisotopic (exact) mass is 344 g/mol. The molecular weight excluding hydrogens is 332 g/mol. The van der Waals surface area contributed by atoms with E-state index in [4.69, 9.17) is 0 Å². The summed E-state index contributed by atoms with van der Waals surface area (Å²) in [5.74, 6) is -0.975. The van der Waals surface area contributed by atoms with Gasteiger partial charge in [0.15, 0.2) is 5.16 Å². The van der Waals surface area contributed by atoms with Crippen molar-refractivity contribution in [3.63, 3.8) is 0 Å². The zero-order chi connectivity index (χ0) is 17.3. The van der Waals surface area contributed by atoms with Crippen molar-refractivity contribution in [2.75, 3.05) is 0 Å². The Labute approximate surface area is 140 Å². The number of pyridine rings is 1. The standard InChI is InChI=1S/C15H12N4O4S/c1-9(14(20)21)18-12-5-3-2-4-11(12)17-15(18)24-13-7-6-10(8-16-13)19(22)23/h2-9H,1H3,(H,20,21). The first-order valence-corrected chi connectivity index (χ1v) is 7.77. The Balaban J connectivity index is 2.03. The van der Waals surface area contributed by atoms with Gasteiger partial charge in [0.2, 0.25) is 0 Å². The minimum absolute atomic E-state index is 0.105. The Morgan fingerprint density at radius 3 is 2.71 bits per heavy atom. The maximum Gasteiger partial charge on any atom is 0.326 e. The molecule has 1 N–H and O–H groups in total. The highest BCUT2D eigenvalue weighted by Gasteiger charge is 2.22. The van der Waals surface area contributed by atoms with E-state index in [-0.39, 0.29) is 5.69 Å². The summed E-state index contributed by atoms with van der Waals surface area (Å²) in [6.45, 7) is 1.57. The van der Waals surface area contributed by atoms with Crippen LogP contribution < -0.4 is 0 Å². The molecule has 0 fully saturated rings. The van der Waals surface area contributed by atoms with E-state index in [0.717, 1.165) is 18.0 Å². The van der Waals surface area contributed by atoms with Gasteiger partial charge in [-0.1, -0.05) is 12.1 Å². The first-order chi connectivity index (χ1) is 11.5. The van der Waals surface area contributed by atoms with Crippen LogP contribution in [0.4, 0.5) is 5.69 Å². The lowest BCUT2D eigenvalue weighted by atomic mass is 10.3. The molecule has 0 aliphatic carbocycles. The fourth-order valence-electron chi connectivity index (χ4n) is 2.21. The maximum absolute atomic E-state index is 11.4. The lowest BCUT2D eigenvalue weighted by molar-refractivity contribution is -0.385. The van der Waals surface area contributed by atoms with E-state index in [1.54, 1.807) is 23.6 Å². The summed E-state index contributed by atoms with van der Waals surface area (Å²) >= 11 is 1.16. The van der Waals surface area contributed by atoms with Crippen LogP contribution in [0.25, 0.3) is 11.0 Å². The molecule has 0 radical (unpaired) electrons. The molecular formula is C15H12N4O4S. The molecule has 0 amide bonds. The van der Waals surface area contributed by atoms with Gasteiger partial charge in [-0.15, -0.1) is 0 Å². The van der Waals surface area contributed by atoms with Gasteiger partial charge in [-0.05, 0) is 36.9 Å². The van der Waals surface area contributed by atoms with E-state index >= 15 is 0 Å². The Hall–Kier alpha value is -2.94. The van der Waals surface area contributed by atoms with E-state index in [0.29, 0.717) is 21.2 Å². The van der Waals surface area contributed by atoms with Gasteiger partial charge in [0.05, 0.1) is 16.0 Å². The molecule has 0 bridgehead atoms. The highest BCUT2D eigenvalue weighted by atomic mass is 32.2. The topological polar surface area (TPSA) is 111 Å². The molecule has 1 atom stereocenters. The number of fused-ring (bicyclic) bond motifs is 1. The summed E-state index contributed by atoms with van der Waals surface area (Å²) in [7, 11) is 0. The predicted molar refractivity (Wildman–Crippen MR) is 87.1 cm³/mol. The highest BCUT2D eigenvalue weighted by Crippen LogP contribution is 2.32. The number of imidazole rings is 1. The second-order valence-corrected chi connectivity index (χ2v) is 5.97. The third-order valence-electron chi connectivity index (χ3n) is 3.44. The average molecular weight is 344 g/mol. The van der Waals surface area contributed by atoms with E-state index in [1.165, 1.54) is 12.1 Å². The molecule has 2 aromatic heterocycles. The van der Waals surface area contributed by atoms with Crippen LogP contribution in [0.15, 0.2) is 52.8 Å². The van der Waals surface area contributed by atoms with Crippen molar-refractivity contribution >= 4 is 34.5 Å². The molecule has 1 unspecified atom stereocenters. The highest BCUT2D eigenvalue weighted by molar-refractivity contribution is 7.99. The number of para-hydroxylation sites is 2.